The predicted octanol–water partition coefficient (Wildman–Crippen LogP) is 3.96. The van der Waals surface area contributed by atoms with Crippen molar-refractivity contribution in [3.8, 4) is 0 Å². The van der Waals surface area contributed by atoms with E-state index in [1.54, 1.807) is 51.1 Å². The molecule has 0 bridgehead atoms. The number of hydrogen-bond donors (Lipinski definition) is 3. The van der Waals surface area contributed by atoms with Crippen LogP contribution in [0, 0.1) is 0 Å². The first kappa shape index (κ1) is 23.3. The molecule has 168 valence electrons. The lowest BCUT2D eigenvalue weighted by Crippen LogP contribution is -2.36. The van der Waals surface area contributed by atoms with E-state index >= 15 is 0 Å². The van der Waals surface area contributed by atoms with Crippen molar-refractivity contribution in [3.05, 3.63) is 75.3 Å². The van der Waals surface area contributed by atoms with E-state index in [9.17, 15) is 14.4 Å². The number of aromatic nitrogens is 2. The molecule has 0 saturated carbocycles. The molecule has 0 aliphatic heterocycles. The van der Waals surface area contributed by atoms with Crippen LogP contribution in [0.15, 0.2) is 53.6 Å². The summed E-state index contributed by atoms with van der Waals surface area (Å²) in [4.78, 5) is 43.3. The second-order valence-electron chi connectivity index (χ2n) is 8.26. The molecule has 1 atom stereocenters. The highest BCUT2D eigenvalue weighted by atomic mass is 35.5. The molecule has 3 rings (SSSR count). The summed E-state index contributed by atoms with van der Waals surface area (Å²) in [6.45, 7) is 5.66. The number of halogens is 1. The average molecular weight is 457 g/mol. The van der Waals surface area contributed by atoms with E-state index in [0.29, 0.717) is 34.5 Å². The minimum Gasteiger partial charge on any atom is -0.444 e. The van der Waals surface area contributed by atoms with Gasteiger partial charge in [0, 0.05) is 17.1 Å². The van der Waals surface area contributed by atoms with E-state index in [-0.39, 0.29) is 17.5 Å². The highest BCUT2D eigenvalue weighted by Crippen LogP contribution is 2.20. The Morgan fingerprint density at radius 3 is 2.56 bits per heavy atom. The minimum absolute atomic E-state index is 0.263. The Bertz CT molecular complexity index is 1170. The van der Waals surface area contributed by atoms with Crippen LogP contribution in [0.4, 0.5) is 4.79 Å². The number of rotatable bonds is 6. The molecule has 3 aromatic rings. The zero-order chi connectivity index (χ0) is 23.3. The molecule has 1 unspecified atom stereocenters. The van der Waals surface area contributed by atoms with Gasteiger partial charge in [-0.15, -0.1) is 0 Å². The van der Waals surface area contributed by atoms with Crippen LogP contribution in [-0.4, -0.2) is 34.1 Å². The largest absolute Gasteiger partial charge is 0.444 e. The number of alkyl carbamates (subject to hydrolysis) is 1. The Balaban J connectivity index is 1.67. The Kier molecular flexibility index (Phi) is 7.15. The summed E-state index contributed by atoms with van der Waals surface area (Å²) in [5.74, 6) is -0.305. The summed E-state index contributed by atoms with van der Waals surface area (Å²) in [6, 6.07) is 11.4. The second-order valence-corrected chi connectivity index (χ2v) is 8.69. The number of carbonyl (C=O) groups excluding carboxylic acids is 2. The number of hydrogen-bond acceptors (Lipinski definition) is 5. The Labute approximate surface area is 190 Å². The van der Waals surface area contributed by atoms with E-state index in [2.05, 4.69) is 20.6 Å². The number of amides is 2. The van der Waals surface area contributed by atoms with Gasteiger partial charge in [-0.05, 0) is 63.1 Å². The predicted molar refractivity (Wildman–Crippen MR) is 123 cm³/mol. The van der Waals surface area contributed by atoms with Gasteiger partial charge in [0.25, 0.3) is 11.5 Å². The number of aromatic amines is 1. The maximum absolute atomic E-state index is 12.6. The molecule has 8 nitrogen and oxygen atoms in total. The highest BCUT2D eigenvalue weighted by Gasteiger charge is 2.21. The monoisotopic (exact) mass is 456 g/mol. The van der Waals surface area contributed by atoms with Gasteiger partial charge in [0.2, 0.25) is 0 Å². The molecular formula is C23H25ClN4O4. The smallest absolute Gasteiger partial charge is 0.408 e. The van der Waals surface area contributed by atoms with Gasteiger partial charge in [-0.25, -0.2) is 9.78 Å². The summed E-state index contributed by atoms with van der Waals surface area (Å²) < 4.78 is 5.36. The van der Waals surface area contributed by atoms with Gasteiger partial charge in [-0.3, -0.25) is 9.59 Å². The molecule has 0 saturated heterocycles. The van der Waals surface area contributed by atoms with E-state index in [1.807, 2.05) is 12.1 Å². The molecule has 0 fully saturated rings. The lowest BCUT2D eigenvalue weighted by molar-refractivity contribution is 0.0501. The van der Waals surface area contributed by atoms with Crippen LogP contribution in [0.25, 0.3) is 10.9 Å². The van der Waals surface area contributed by atoms with Gasteiger partial charge < -0.3 is 20.4 Å². The average Bonchev–Trinajstić information content (AvgIpc) is 2.72. The SMILES string of the molecule is CC(C)(C)OC(=O)NC(CCNC(=O)c1ccc2c(=O)[nH]cnc2c1)c1ccc(Cl)cc1. The molecule has 0 aliphatic rings. The lowest BCUT2D eigenvalue weighted by Gasteiger charge is -2.24. The van der Waals surface area contributed by atoms with Crippen molar-refractivity contribution < 1.29 is 14.3 Å². The van der Waals surface area contributed by atoms with Crippen molar-refractivity contribution in [1.82, 2.24) is 20.6 Å². The first-order chi connectivity index (χ1) is 15.1. The number of carbonyl (C=O) groups is 2. The van der Waals surface area contributed by atoms with Crippen LogP contribution in [0.3, 0.4) is 0 Å². The molecule has 0 radical (unpaired) electrons. The zero-order valence-electron chi connectivity index (χ0n) is 18.1. The van der Waals surface area contributed by atoms with Crippen molar-refractivity contribution in [2.45, 2.75) is 38.8 Å². The van der Waals surface area contributed by atoms with Crippen LogP contribution in [0.5, 0.6) is 0 Å². The van der Waals surface area contributed by atoms with Gasteiger partial charge in [-0.2, -0.15) is 0 Å². The van der Waals surface area contributed by atoms with Gasteiger partial charge in [-0.1, -0.05) is 23.7 Å². The van der Waals surface area contributed by atoms with Gasteiger partial charge in [0.15, 0.2) is 0 Å². The quantitative estimate of drug-likeness (QED) is 0.519. The second kappa shape index (κ2) is 9.82. The summed E-state index contributed by atoms with van der Waals surface area (Å²) >= 11 is 5.98. The summed E-state index contributed by atoms with van der Waals surface area (Å²) in [5.41, 5.74) is 0.768. The van der Waals surface area contributed by atoms with Crippen molar-refractivity contribution in [2.75, 3.05) is 6.54 Å². The van der Waals surface area contributed by atoms with Crippen LogP contribution >= 0.6 is 11.6 Å². The number of H-pyrrole nitrogens is 1. The minimum atomic E-state index is -0.630. The molecule has 3 N–H and O–H groups in total. The maximum Gasteiger partial charge on any atom is 0.408 e. The number of nitrogens with one attached hydrogen (secondary N) is 3. The molecule has 2 amide bonds. The van der Waals surface area contributed by atoms with E-state index in [1.165, 1.54) is 6.33 Å². The molecule has 0 spiro atoms. The standard InChI is InChI=1S/C23H25ClN4O4/c1-23(2,3)32-22(31)28-18(14-4-7-16(24)8-5-14)10-11-25-20(29)15-6-9-17-19(12-15)26-13-27-21(17)30/h4-9,12-13,18H,10-11H2,1-3H3,(H,25,29)(H,28,31)(H,26,27,30). The lowest BCUT2D eigenvalue weighted by atomic mass is 10.0. The Hall–Kier alpha value is -3.39. The number of nitrogens with zero attached hydrogens (tertiary/aromatic N) is 1. The first-order valence-electron chi connectivity index (χ1n) is 10.1. The van der Waals surface area contributed by atoms with E-state index in [0.717, 1.165) is 5.56 Å². The van der Waals surface area contributed by atoms with Crippen molar-refractivity contribution in [3.63, 3.8) is 0 Å². The fourth-order valence-electron chi connectivity index (χ4n) is 3.11. The summed E-state index contributed by atoms with van der Waals surface area (Å²) in [7, 11) is 0. The third-order valence-electron chi connectivity index (χ3n) is 4.59. The molecule has 2 aromatic carbocycles. The maximum atomic E-state index is 12.6. The van der Waals surface area contributed by atoms with Gasteiger partial charge >= 0.3 is 6.09 Å². The molecule has 9 heteroatoms. The van der Waals surface area contributed by atoms with Crippen molar-refractivity contribution in [2.24, 2.45) is 0 Å². The van der Waals surface area contributed by atoms with Crippen LogP contribution in [-0.2, 0) is 4.74 Å². The summed E-state index contributed by atoms with van der Waals surface area (Å²) in [5, 5.41) is 6.69. The zero-order valence-corrected chi connectivity index (χ0v) is 18.8. The van der Waals surface area contributed by atoms with Crippen LogP contribution in [0.1, 0.15) is 49.2 Å². The van der Waals surface area contributed by atoms with Crippen LogP contribution in [0.2, 0.25) is 5.02 Å². The third kappa shape index (κ3) is 6.31. The van der Waals surface area contributed by atoms with E-state index < -0.39 is 11.7 Å². The fourth-order valence-corrected chi connectivity index (χ4v) is 3.24. The number of benzene rings is 2. The molecule has 1 heterocycles. The molecular weight excluding hydrogens is 432 g/mol. The van der Waals surface area contributed by atoms with Gasteiger partial charge in [0.05, 0.1) is 23.3 Å². The Morgan fingerprint density at radius 1 is 1.16 bits per heavy atom. The topological polar surface area (TPSA) is 113 Å². The fraction of sp³-hybridized carbons (Fsp3) is 0.304. The van der Waals surface area contributed by atoms with Crippen LogP contribution < -0.4 is 16.2 Å². The normalized spacial score (nSPS) is 12.2. The van der Waals surface area contributed by atoms with Crippen molar-refractivity contribution in [1.29, 1.82) is 0 Å². The highest BCUT2D eigenvalue weighted by molar-refractivity contribution is 6.30. The van der Waals surface area contributed by atoms with Gasteiger partial charge in [0.1, 0.15) is 5.60 Å². The summed E-state index contributed by atoms with van der Waals surface area (Å²) in [6.07, 6.45) is 1.18. The first-order valence-corrected chi connectivity index (χ1v) is 10.5. The number of ether oxygens (including phenoxy) is 1. The number of fused-ring (bicyclic) bond motifs is 1. The molecule has 32 heavy (non-hydrogen) atoms. The van der Waals surface area contributed by atoms with E-state index in [4.69, 9.17) is 16.3 Å². The Morgan fingerprint density at radius 2 is 1.88 bits per heavy atom. The third-order valence-corrected chi connectivity index (χ3v) is 4.84. The molecule has 0 aliphatic carbocycles. The molecule has 1 aromatic heterocycles. The van der Waals surface area contributed by atoms with Crippen molar-refractivity contribution >= 4 is 34.5 Å².